The zero-order valence-corrected chi connectivity index (χ0v) is 18.4. The van der Waals surface area contributed by atoms with Gasteiger partial charge in [0.15, 0.2) is 11.6 Å². The zero-order chi connectivity index (χ0) is 21.6. The van der Waals surface area contributed by atoms with Crippen molar-refractivity contribution in [2.24, 2.45) is 0 Å². The van der Waals surface area contributed by atoms with E-state index in [0.29, 0.717) is 39.3 Å². The van der Waals surface area contributed by atoms with Gasteiger partial charge in [0, 0.05) is 16.6 Å². The minimum Gasteiger partial charge on any atom is -0.330 e. The fourth-order valence-corrected chi connectivity index (χ4v) is 5.33. The predicted molar refractivity (Wildman–Crippen MR) is 123 cm³/mol. The van der Waals surface area contributed by atoms with Gasteiger partial charge in [-0.05, 0) is 48.0 Å². The first-order valence-electron chi connectivity index (χ1n) is 9.46. The van der Waals surface area contributed by atoms with Gasteiger partial charge in [-0.15, -0.1) is 0 Å². The van der Waals surface area contributed by atoms with Crippen molar-refractivity contribution in [3.05, 3.63) is 88.4 Å². The van der Waals surface area contributed by atoms with Crippen molar-refractivity contribution in [1.82, 2.24) is 9.97 Å². The molecule has 5 rings (SSSR count). The quantitative estimate of drug-likeness (QED) is 0.414. The van der Waals surface area contributed by atoms with Crippen LogP contribution in [0, 0.1) is 0 Å². The molecule has 6 nitrogen and oxygen atoms in total. The minimum absolute atomic E-state index is 0.0864. The zero-order valence-electron chi connectivity index (χ0n) is 16.1. The third kappa shape index (κ3) is 3.69. The number of para-hydroxylation sites is 2. The maximum atomic E-state index is 13.5. The van der Waals surface area contributed by atoms with Gasteiger partial charge in [-0.1, -0.05) is 53.5 Å². The fraction of sp³-hybridized carbons (Fsp3) is 0.0909. The fourth-order valence-electron chi connectivity index (χ4n) is 3.53. The van der Waals surface area contributed by atoms with E-state index in [0.717, 1.165) is 5.56 Å². The van der Waals surface area contributed by atoms with Crippen molar-refractivity contribution >= 4 is 55.9 Å². The average molecular weight is 471 g/mol. The Morgan fingerprint density at radius 3 is 2.16 bits per heavy atom. The van der Waals surface area contributed by atoms with Crippen LogP contribution in [0.4, 0.5) is 11.6 Å². The van der Waals surface area contributed by atoms with Gasteiger partial charge in [-0.25, -0.2) is 22.7 Å². The lowest BCUT2D eigenvalue weighted by molar-refractivity contribution is 0.590. The molecule has 3 aromatic carbocycles. The second-order valence-electron chi connectivity index (χ2n) is 7.14. The highest BCUT2D eigenvalue weighted by Gasteiger charge is 2.38. The van der Waals surface area contributed by atoms with E-state index in [1.807, 2.05) is 41.3 Å². The molecule has 0 saturated heterocycles. The molecule has 2 heterocycles. The highest BCUT2D eigenvalue weighted by atomic mass is 35.5. The van der Waals surface area contributed by atoms with E-state index in [2.05, 4.69) is 4.98 Å². The van der Waals surface area contributed by atoms with Gasteiger partial charge in [0.25, 0.3) is 10.0 Å². The topological polar surface area (TPSA) is 66.4 Å². The van der Waals surface area contributed by atoms with Crippen LogP contribution in [0.5, 0.6) is 0 Å². The first kappa shape index (κ1) is 20.1. The van der Waals surface area contributed by atoms with Crippen LogP contribution < -0.4 is 9.21 Å². The molecule has 31 heavy (non-hydrogen) atoms. The predicted octanol–water partition coefficient (Wildman–Crippen LogP) is 5.11. The molecule has 156 valence electrons. The molecule has 0 amide bonds. The molecule has 1 aliphatic heterocycles. The number of rotatable bonds is 4. The molecule has 0 bridgehead atoms. The van der Waals surface area contributed by atoms with Crippen LogP contribution in [0.1, 0.15) is 5.56 Å². The number of benzene rings is 3. The van der Waals surface area contributed by atoms with Crippen LogP contribution >= 0.6 is 23.2 Å². The maximum Gasteiger partial charge on any atom is 0.267 e. The lowest BCUT2D eigenvalue weighted by atomic mass is 10.2. The Hall–Kier alpha value is -2.87. The number of hydrogen-bond acceptors (Lipinski definition) is 5. The lowest BCUT2D eigenvalue weighted by Gasteiger charge is -2.21. The highest BCUT2D eigenvalue weighted by Crippen LogP contribution is 2.38. The van der Waals surface area contributed by atoms with Crippen LogP contribution in [0.25, 0.3) is 11.0 Å². The van der Waals surface area contributed by atoms with E-state index in [1.165, 1.54) is 16.4 Å². The van der Waals surface area contributed by atoms with Gasteiger partial charge in [0.1, 0.15) is 6.67 Å². The normalized spacial score (nSPS) is 13.6. The summed E-state index contributed by atoms with van der Waals surface area (Å²) in [7, 11) is -3.89. The van der Waals surface area contributed by atoms with E-state index in [9.17, 15) is 8.42 Å². The molecule has 0 fully saturated rings. The Bertz CT molecular complexity index is 1390. The van der Waals surface area contributed by atoms with Crippen molar-refractivity contribution in [1.29, 1.82) is 0 Å². The molecule has 1 aromatic heterocycles. The largest absolute Gasteiger partial charge is 0.330 e. The molecular formula is C22H16Cl2N4O2S. The van der Waals surface area contributed by atoms with Gasteiger partial charge >= 0.3 is 0 Å². The molecule has 1 aliphatic rings. The second kappa shape index (κ2) is 7.67. The number of aromatic nitrogens is 2. The summed E-state index contributed by atoms with van der Waals surface area (Å²) in [5, 5.41) is 0.990. The SMILES string of the molecule is O=S(=O)(c1cccc(Cl)c1)N1CN(Cc2ccc(Cl)cc2)c2nc3ccccc3nc21. The third-order valence-corrected chi connectivity index (χ3v) is 7.25. The molecule has 0 spiro atoms. The van der Waals surface area contributed by atoms with E-state index in [1.54, 1.807) is 24.3 Å². The van der Waals surface area contributed by atoms with Gasteiger partial charge in [-0.3, -0.25) is 0 Å². The Kier molecular flexibility index (Phi) is 4.97. The van der Waals surface area contributed by atoms with Gasteiger partial charge in [0.05, 0.1) is 15.9 Å². The number of fused-ring (bicyclic) bond motifs is 2. The van der Waals surface area contributed by atoms with Crippen molar-refractivity contribution in [3.63, 3.8) is 0 Å². The van der Waals surface area contributed by atoms with Crippen LogP contribution in [0.15, 0.2) is 77.7 Å². The van der Waals surface area contributed by atoms with Gasteiger partial charge in [0.2, 0.25) is 0 Å². The highest BCUT2D eigenvalue weighted by molar-refractivity contribution is 7.92. The van der Waals surface area contributed by atoms with Crippen molar-refractivity contribution in [2.75, 3.05) is 15.9 Å². The summed E-state index contributed by atoms with van der Waals surface area (Å²) in [6, 6.07) is 21.0. The van der Waals surface area contributed by atoms with Crippen LogP contribution in [-0.4, -0.2) is 25.1 Å². The summed E-state index contributed by atoms with van der Waals surface area (Å²) >= 11 is 12.1. The maximum absolute atomic E-state index is 13.5. The van der Waals surface area contributed by atoms with Crippen molar-refractivity contribution in [3.8, 4) is 0 Å². The standard InChI is InChI=1S/C22H16Cl2N4O2S/c23-16-10-8-15(9-11-16)13-27-14-28(31(29,30)18-5-3-4-17(24)12-18)22-21(27)25-19-6-1-2-7-20(19)26-22/h1-12H,13-14H2. The molecule has 0 atom stereocenters. The van der Waals surface area contributed by atoms with Crippen molar-refractivity contribution < 1.29 is 8.42 Å². The van der Waals surface area contributed by atoms with E-state index < -0.39 is 10.0 Å². The van der Waals surface area contributed by atoms with Crippen molar-refractivity contribution in [2.45, 2.75) is 11.4 Å². The Morgan fingerprint density at radius 2 is 1.48 bits per heavy atom. The molecule has 4 aromatic rings. The summed E-state index contributed by atoms with van der Waals surface area (Å²) in [4.78, 5) is 11.4. The van der Waals surface area contributed by atoms with E-state index in [-0.39, 0.29) is 11.6 Å². The van der Waals surface area contributed by atoms with Gasteiger partial charge < -0.3 is 4.90 Å². The molecule has 9 heteroatoms. The molecule has 0 radical (unpaired) electrons. The molecule has 0 aliphatic carbocycles. The summed E-state index contributed by atoms with van der Waals surface area (Å²) in [6.45, 7) is 0.544. The van der Waals surface area contributed by atoms with Gasteiger partial charge in [-0.2, -0.15) is 0 Å². The molecule has 0 saturated carbocycles. The minimum atomic E-state index is -3.89. The number of anilines is 2. The summed E-state index contributed by atoms with van der Waals surface area (Å²) in [6.07, 6.45) is 0. The summed E-state index contributed by atoms with van der Waals surface area (Å²) in [5.41, 5.74) is 2.30. The van der Waals surface area contributed by atoms with E-state index >= 15 is 0 Å². The number of sulfonamides is 1. The molecular weight excluding hydrogens is 455 g/mol. The van der Waals surface area contributed by atoms with Crippen LogP contribution in [-0.2, 0) is 16.6 Å². The number of halogens is 2. The smallest absolute Gasteiger partial charge is 0.267 e. The monoisotopic (exact) mass is 470 g/mol. The Morgan fingerprint density at radius 1 is 0.806 bits per heavy atom. The lowest BCUT2D eigenvalue weighted by Crippen LogP contribution is -2.35. The molecule has 0 N–H and O–H groups in total. The third-order valence-electron chi connectivity index (χ3n) is 5.04. The summed E-state index contributed by atoms with van der Waals surface area (Å²) in [5.74, 6) is 0.812. The molecule has 0 unspecified atom stereocenters. The number of nitrogens with zero attached hydrogens (tertiary/aromatic N) is 4. The first-order valence-corrected chi connectivity index (χ1v) is 11.7. The van der Waals surface area contributed by atoms with E-state index in [4.69, 9.17) is 28.2 Å². The first-order chi connectivity index (χ1) is 14.9. The summed E-state index contributed by atoms with van der Waals surface area (Å²) < 4.78 is 28.2. The Labute approximate surface area is 189 Å². The van der Waals surface area contributed by atoms with Crippen LogP contribution in [0.3, 0.4) is 0 Å². The van der Waals surface area contributed by atoms with Crippen LogP contribution in [0.2, 0.25) is 10.0 Å². The number of hydrogen-bond donors (Lipinski definition) is 0. The average Bonchev–Trinajstić information content (AvgIpc) is 3.12. The second-order valence-corrected chi connectivity index (χ2v) is 9.87. The Balaban J connectivity index is 1.62.